The van der Waals surface area contributed by atoms with E-state index in [0.29, 0.717) is 31.5 Å². The van der Waals surface area contributed by atoms with E-state index < -0.39 is 54.5 Å². The lowest BCUT2D eigenvalue weighted by Crippen LogP contribution is -2.58. The minimum absolute atomic E-state index is 0.00446. The number of nitrogens with two attached hydrogens (primary N) is 4. The van der Waals surface area contributed by atoms with Gasteiger partial charge in [0.05, 0.1) is 19.0 Å². The molecule has 16 nitrogen and oxygen atoms in total. The Morgan fingerprint density at radius 2 is 1.62 bits per heavy atom. The van der Waals surface area contributed by atoms with Crippen molar-refractivity contribution < 1.29 is 29.4 Å². The van der Waals surface area contributed by atoms with Crippen molar-refractivity contribution in [1.82, 2.24) is 25.9 Å². The molecule has 0 aromatic carbocycles. The highest BCUT2D eigenvalue weighted by Crippen LogP contribution is 2.04. The highest BCUT2D eigenvalue weighted by atomic mass is 16.4. The molecule has 0 aliphatic rings. The quantitative estimate of drug-likeness (QED) is 0.0499. The van der Waals surface area contributed by atoms with E-state index in [0.717, 1.165) is 0 Å². The van der Waals surface area contributed by atoms with Crippen molar-refractivity contribution in [2.75, 3.05) is 19.7 Å². The summed E-state index contributed by atoms with van der Waals surface area (Å²) in [4.78, 5) is 60.2. The second-order valence-electron chi connectivity index (χ2n) is 8.33. The lowest BCUT2D eigenvalue weighted by Gasteiger charge is -2.24. The van der Waals surface area contributed by atoms with Gasteiger partial charge in [-0.1, -0.05) is 6.42 Å². The van der Waals surface area contributed by atoms with Crippen molar-refractivity contribution in [2.45, 2.75) is 62.7 Å². The molecular weight excluding hydrogens is 488 g/mol. The highest BCUT2D eigenvalue weighted by Gasteiger charge is 2.30. The number of guanidine groups is 1. The van der Waals surface area contributed by atoms with Crippen LogP contribution in [0.25, 0.3) is 0 Å². The third-order valence-electron chi connectivity index (χ3n) is 5.29. The Balaban J connectivity index is 2.85. The molecule has 1 heterocycles. The van der Waals surface area contributed by atoms with Gasteiger partial charge in [-0.2, -0.15) is 0 Å². The summed E-state index contributed by atoms with van der Waals surface area (Å²) in [6, 6.07) is -4.83. The summed E-state index contributed by atoms with van der Waals surface area (Å²) in [7, 11) is 0. The molecular formula is C21H38N10O6. The van der Waals surface area contributed by atoms with E-state index in [1.807, 2.05) is 0 Å². The number of hydrogen-bond acceptors (Lipinski definition) is 9. The molecule has 14 N–H and O–H groups in total. The van der Waals surface area contributed by atoms with Crippen LogP contribution in [0.4, 0.5) is 0 Å². The molecule has 1 aromatic heterocycles. The van der Waals surface area contributed by atoms with Crippen molar-refractivity contribution in [1.29, 1.82) is 0 Å². The number of carboxylic acid groups (broad SMARTS) is 1. The van der Waals surface area contributed by atoms with E-state index in [4.69, 9.17) is 22.9 Å². The normalized spacial score (nSPS) is 14.0. The summed E-state index contributed by atoms with van der Waals surface area (Å²) in [5.74, 6) is -3.74. The number of unbranched alkanes of at least 4 members (excludes halogenated alkanes) is 1. The number of aliphatic carboxylic acids is 1. The molecule has 208 valence electrons. The zero-order chi connectivity index (χ0) is 27.8. The van der Waals surface area contributed by atoms with Crippen LogP contribution in [0.5, 0.6) is 0 Å². The van der Waals surface area contributed by atoms with Gasteiger partial charge in [0.2, 0.25) is 17.7 Å². The molecule has 0 saturated heterocycles. The first-order valence-electron chi connectivity index (χ1n) is 11.8. The van der Waals surface area contributed by atoms with Crippen LogP contribution in [-0.4, -0.2) is 93.7 Å². The van der Waals surface area contributed by atoms with E-state index in [2.05, 4.69) is 30.9 Å². The molecule has 0 bridgehead atoms. The first-order valence-corrected chi connectivity index (χ1v) is 11.8. The van der Waals surface area contributed by atoms with Crippen molar-refractivity contribution in [2.24, 2.45) is 27.9 Å². The zero-order valence-corrected chi connectivity index (χ0v) is 20.6. The molecule has 37 heavy (non-hydrogen) atoms. The molecule has 3 amide bonds. The average Bonchev–Trinajstić information content (AvgIpc) is 3.36. The number of carbonyl (C=O) groups is 4. The van der Waals surface area contributed by atoms with Crippen LogP contribution in [-0.2, 0) is 25.6 Å². The second-order valence-corrected chi connectivity index (χ2v) is 8.33. The predicted octanol–water partition coefficient (Wildman–Crippen LogP) is -4.01. The average molecular weight is 527 g/mol. The summed E-state index contributed by atoms with van der Waals surface area (Å²) in [5, 5.41) is 26.3. The van der Waals surface area contributed by atoms with E-state index in [9.17, 15) is 29.4 Å². The molecule has 0 radical (unpaired) electrons. The Kier molecular flexibility index (Phi) is 14.2. The van der Waals surface area contributed by atoms with Gasteiger partial charge in [0.25, 0.3) is 0 Å². The van der Waals surface area contributed by atoms with Gasteiger partial charge in [-0.15, -0.1) is 0 Å². The first-order chi connectivity index (χ1) is 17.6. The summed E-state index contributed by atoms with van der Waals surface area (Å²) in [6.45, 7) is -0.199. The van der Waals surface area contributed by atoms with E-state index >= 15 is 0 Å². The van der Waals surface area contributed by atoms with Gasteiger partial charge in [0.15, 0.2) is 5.96 Å². The third kappa shape index (κ3) is 12.2. The topological polar surface area (TPSA) is 290 Å². The molecule has 1 aromatic rings. The number of carboxylic acids is 1. The number of hydrogen-bond donors (Lipinski definition) is 10. The molecule has 0 aliphatic carbocycles. The Morgan fingerprint density at radius 1 is 0.973 bits per heavy atom. The lowest BCUT2D eigenvalue weighted by molar-refractivity contribution is -0.142. The number of rotatable bonds is 18. The van der Waals surface area contributed by atoms with Crippen molar-refractivity contribution in [3.8, 4) is 0 Å². The number of amides is 3. The van der Waals surface area contributed by atoms with Gasteiger partial charge in [0.1, 0.15) is 18.1 Å². The maximum Gasteiger partial charge on any atom is 0.326 e. The third-order valence-corrected chi connectivity index (χ3v) is 5.29. The molecule has 16 heteroatoms. The number of nitrogens with one attached hydrogen (secondary N) is 4. The fourth-order valence-corrected chi connectivity index (χ4v) is 3.24. The number of aliphatic imine (C=N–C) groups is 1. The number of H-pyrrole nitrogens is 1. The zero-order valence-electron chi connectivity index (χ0n) is 20.6. The number of imidazole rings is 1. The number of aromatic amines is 1. The molecule has 0 aliphatic heterocycles. The maximum atomic E-state index is 13.0. The molecule has 4 unspecified atom stereocenters. The van der Waals surface area contributed by atoms with Crippen LogP contribution in [0.3, 0.4) is 0 Å². The van der Waals surface area contributed by atoms with E-state index in [1.165, 1.54) is 12.5 Å². The predicted molar refractivity (Wildman–Crippen MR) is 134 cm³/mol. The van der Waals surface area contributed by atoms with Crippen LogP contribution in [0.15, 0.2) is 17.5 Å². The smallest absolute Gasteiger partial charge is 0.326 e. The number of aliphatic hydroxyl groups excluding tert-OH is 1. The maximum absolute atomic E-state index is 13.0. The van der Waals surface area contributed by atoms with Crippen LogP contribution in [0.2, 0.25) is 0 Å². The minimum atomic E-state index is -1.48. The molecule has 0 saturated carbocycles. The van der Waals surface area contributed by atoms with Gasteiger partial charge in [-0.05, 0) is 32.2 Å². The monoisotopic (exact) mass is 526 g/mol. The number of nitrogens with zero attached hydrogens (tertiary/aromatic N) is 2. The lowest BCUT2D eigenvalue weighted by atomic mass is 10.1. The molecule has 4 atom stereocenters. The van der Waals surface area contributed by atoms with Crippen LogP contribution in [0.1, 0.15) is 37.8 Å². The fourth-order valence-electron chi connectivity index (χ4n) is 3.24. The summed E-state index contributed by atoms with van der Waals surface area (Å²) >= 11 is 0. The standard InChI is InChI=1S/C21H38N10O6/c22-6-2-1-4-13(23)17(33)30-15(8-12-9-26-11-28-12)18(34)31-16(10-32)19(35)29-14(20(36)37)5-3-7-27-21(24)25/h9,11,13-16,32H,1-8,10,22-23H2,(H,26,28)(H,29,35)(H,30,33)(H,31,34)(H,36,37)(H4,24,25,27). The Morgan fingerprint density at radius 3 is 2.19 bits per heavy atom. The highest BCUT2D eigenvalue weighted by molar-refractivity contribution is 5.94. The van der Waals surface area contributed by atoms with Crippen LogP contribution < -0.4 is 38.9 Å². The van der Waals surface area contributed by atoms with E-state index in [1.54, 1.807) is 0 Å². The van der Waals surface area contributed by atoms with Crippen molar-refractivity contribution in [3.05, 3.63) is 18.2 Å². The van der Waals surface area contributed by atoms with E-state index in [-0.39, 0.29) is 31.8 Å². The number of aliphatic hydroxyl groups is 1. The first kappa shape index (κ1) is 31.3. The summed E-state index contributed by atoms with van der Waals surface area (Å²) < 4.78 is 0. The van der Waals surface area contributed by atoms with Crippen LogP contribution >= 0.6 is 0 Å². The SMILES string of the molecule is NCCCCC(N)C(=O)NC(Cc1cnc[nH]1)C(=O)NC(CO)C(=O)NC(CCCN=C(N)N)C(=O)O. The second kappa shape index (κ2) is 16.8. The number of carbonyl (C=O) groups excluding carboxylic acids is 3. The fraction of sp³-hybridized carbons (Fsp3) is 0.619. The van der Waals surface area contributed by atoms with Crippen LogP contribution in [0, 0.1) is 0 Å². The minimum Gasteiger partial charge on any atom is -0.480 e. The van der Waals surface area contributed by atoms with Gasteiger partial charge in [-0.25, -0.2) is 9.78 Å². The molecule has 0 fully saturated rings. The molecule has 1 rings (SSSR count). The summed E-state index contributed by atoms with van der Waals surface area (Å²) in [5.41, 5.74) is 22.3. The Bertz CT molecular complexity index is 890. The Hall–Kier alpha value is -3.76. The molecule has 0 spiro atoms. The summed E-state index contributed by atoms with van der Waals surface area (Å²) in [6.07, 6.45) is 4.80. The Labute approximate surface area is 214 Å². The van der Waals surface area contributed by atoms with Gasteiger partial charge in [0, 0.05) is 24.9 Å². The van der Waals surface area contributed by atoms with Crippen molar-refractivity contribution in [3.63, 3.8) is 0 Å². The largest absolute Gasteiger partial charge is 0.480 e. The van der Waals surface area contributed by atoms with Gasteiger partial charge in [-0.3, -0.25) is 19.4 Å². The number of aromatic nitrogens is 2. The van der Waals surface area contributed by atoms with Gasteiger partial charge >= 0.3 is 5.97 Å². The van der Waals surface area contributed by atoms with Crippen molar-refractivity contribution >= 4 is 29.7 Å². The van der Waals surface area contributed by atoms with Gasteiger partial charge < -0.3 is 54.1 Å².